The molecule has 3 rings (SSSR count). The molecule has 0 bridgehead atoms. The fourth-order valence-electron chi connectivity index (χ4n) is 3.31. The summed E-state index contributed by atoms with van der Waals surface area (Å²) in [6.07, 6.45) is -0.287. The van der Waals surface area contributed by atoms with Crippen LogP contribution in [-0.2, 0) is 11.2 Å². The maximum atomic E-state index is 12.7. The van der Waals surface area contributed by atoms with Crippen molar-refractivity contribution in [1.82, 2.24) is 9.88 Å². The summed E-state index contributed by atoms with van der Waals surface area (Å²) in [6, 6.07) is 18.2. The molecule has 1 amide bonds. The van der Waals surface area contributed by atoms with Gasteiger partial charge in [-0.05, 0) is 36.6 Å². The number of aliphatic hydroxyl groups is 1. The van der Waals surface area contributed by atoms with Crippen LogP contribution in [0.3, 0.4) is 0 Å². The maximum absolute atomic E-state index is 12.7. The SMILES string of the molecule is Cc1nc2ccccc2c(-c2ccccc2)c1CC(=O)N(C)C[C@H](C)O. The number of nitrogens with zero attached hydrogens (tertiary/aromatic N) is 2. The van der Waals surface area contributed by atoms with Crippen LogP contribution in [0.5, 0.6) is 0 Å². The van der Waals surface area contributed by atoms with Gasteiger partial charge in [-0.25, -0.2) is 0 Å². The Labute approximate surface area is 154 Å². The highest BCUT2D eigenvalue weighted by atomic mass is 16.3. The quantitative estimate of drug-likeness (QED) is 0.767. The summed E-state index contributed by atoms with van der Waals surface area (Å²) < 4.78 is 0. The first-order valence-electron chi connectivity index (χ1n) is 8.83. The van der Waals surface area contributed by atoms with Gasteiger partial charge in [-0.1, -0.05) is 48.5 Å². The summed E-state index contributed by atoms with van der Waals surface area (Å²) in [7, 11) is 1.72. The Balaban J connectivity index is 2.12. The average molecular weight is 348 g/mol. The molecule has 26 heavy (non-hydrogen) atoms. The standard InChI is InChI=1S/C22H24N2O2/c1-15(25)14-24(3)21(26)13-19-16(2)23-20-12-8-7-11-18(20)22(19)17-9-5-4-6-10-17/h4-12,15,25H,13-14H2,1-3H3/t15-/m0/s1. The second-order valence-electron chi connectivity index (χ2n) is 6.73. The van der Waals surface area contributed by atoms with Gasteiger partial charge in [0, 0.05) is 24.7 Å². The third-order valence-electron chi connectivity index (χ3n) is 4.55. The molecule has 4 nitrogen and oxygen atoms in total. The first kappa shape index (κ1) is 18.1. The second kappa shape index (κ2) is 7.67. The van der Waals surface area contributed by atoms with Crippen molar-refractivity contribution in [3.8, 4) is 11.1 Å². The first-order valence-corrected chi connectivity index (χ1v) is 8.83. The van der Waals surface area contributed by atoms with Gasteiger partial charge in [0.15, 0.2) is 0 Å². The van der Waals surface area contributed by atoms with Crippen molar-refractivity contribution in [2.24, 2.45) is 0 Å². The summed E-state index contributed by atoms with van der Waals surface area (Å²) in [5.74, 6) is -0.0248. The lowest BCUT2D eigenvalue weighted by molar-refractivity contribution is -0.130. The van der Waals surface area contributed by atoms with E-state index in [2.05, 4.69) is 18.2 Å². The summed E-state index contributed by atoms with van der Waals surface area (Å²) >= 11 is 0. The van der Waals surface area contributed by atoms with E-state index in [9.17, 15) is 9.90 Å². The highest BCUT2D eigenvalue weighted by molar-refractivity contribution is 5.98. The minimum absolute atomic E-state index is 0.0248. The van der Waals surface area contributed by atoms with Crippen LogP contribution in [0, 0.1) is 6.92 Å². The number of likely N-dealkylation sites (N-methyl/N-ethyl adjacent to an activating group) is 1. The molecule has 0 spiro atoms. The van der Waals surface area contributed by atoms with E-state index in [0.717, 1.165) is 33.3 Å². The van der Waals surface area contributed by atoms with Crippen molar-refractivity contribution in [2.75, 3.05) is 13.6 Å². The minimum atomic E-state index is -0.548. The van der Waals surface area contributed by atoms with E-state index < -0.39 is 6.10 Å². The summed E-state index contributed by atoms with van der Waals surface area (Å²) in [6.45, 7) is 3.96. The molecule has 3 aromatic rings. The van der Waals surface area contributed by atoms with Gasteiger partial charge >= 0.3 is 0 Å². The molecule has 0 aliphatic heterocycles. The number of para-hydroxylation sites is 1. The number of aliphatic hydroxyl groups excluding tert-OH is 1. The van der Waals surface area contributed by atoms with Gasteiger partial charge in [-0.3, -0.25) is 9.78 Å². The molecule has 4 heteroatoms. The highest BCUT2D eigenvalue weighted by Crippen LogP contribution is 2.33. The van der Waals surface area contributed by atoms with Crippen LogP contribution >= 0.6 is 0 Å². The highest BCUT2D eigenvalue weighted by Gasteiger charge is 2.19. The molecular weight excluding hydrogens is 324 g/mol. The summed E-state index contributed by atoms with van der Waals surface area (Å²) in [5.41, 5.74) is 4.87. The van der Waals surface area contributed by atoms with Gasteiger partial charge in [0.1, 0.15) is 0 Å². The Morgan fingerprint density at radius 1 is 1.12 bits per heavy atom. The molecule has 0 fully saturated rings. The van der Waals surface area contributed by atoms with Crippen LogP contribution in [-0.4, -0.2) is 40.6 Å². The molecule has 1 N–H and O–H groups in total. The molecule has 134 valence electrons. The molecule has 0 radical (unpaired) electrons. The predicted molar refractivity (Wildman–Crippen MR) is 105 cm³/mol. The number of benzene rings is 2. The van der Waals surface area contributed by atoms with E-state index in [1.807, 2.05) is 43.3 Å². The lowest BCUT2D eigenvalue weighted by Crippen LogP contribution is -2.34. The number of fused-ring (bicyclic) bond motifs is 1. The maximum Gasteiger partial charge on any atom is 0.226 e. The third kappa shape index (κ3) is 3.75. The predicted octanol–water partition coefficient (Wildman–Crippen LogP) is 3.59. The summed E-state index contributed by atoms with van der Waals surface area (Å²) in [5, 5.41) is 10.6. The molecule has 0 aliphatic rings. The number of hydrogen-bond donors (Lipinski definition) is 1. The number of carbonyl (C=O) groups is 1. The lowest BCUT2D eigenvalue weighted by Gasteiger charge is -2.21. The number of pyridine rings is 1. The number of aromatic nitrogens is 1. The number of hydrogen-bond acceptors (Lipinski definition) is 3. The largest absolute Gasteiger partial charge is 0.392 e. The van der Waals surface area contributed by atoms with Crippen molar-refractivity contribution < 1.29 is 9.90 Å². The number of aryl methyl sites for hydroxylation is 1. The normalized spacial score (nSPS) is 12.2. The van der Waals surface area contributed by atoms with Crippen LogP contribution in [0.4, 0.5) is 0 Å². The van der Waals surface area contributed by atoms with Crippen LogP contribution in [0.25, 0.3) is 22.0 Å². The van der Waals surface area contributed by atoms with E-state index in [4.69, 9.17) is 4.98 Å². The van der Waals surface area contributed by atoms with E-state index in [-0.39, 0.29) is 12.3 Å². The van der Waals surface area contributed by atoms with Gasteiger partial charge in [0.05, 0.1) is 18.0 Å². The molecule has 1 aromatic heterocycles. The lowest BCUT2D eigenvalue weighted by atomic mass is 9.92. The molecule has 0 unspecified atom stereocenters. The Morgan fingerprint density at radius 3 is 2.46 bits per heavy atom. The van der Waals surface area contributed by atoms with E-state index in [1.54, 1.807) is 18.9 Å². The Kier molecular flexibility index (Phi) is 5.33. The molecule has 2 aromatic carbocycles. The van der Waals surface area contributed by atoms with Gasteiger partial charge in [0.2, 0.25) is 5.91 Å². The first-order chi connectivity index (χ1) is 12.5. The zero-order valence-electron chi connectivity index (χ0n) is 15.4. The van der Waals surface area contributed by atoms with Crippen molar-refractivity contribution in [3.63, 3.8) is 0 Å². The second-order valence-corrected chi connectivity index (χ2v) is 6.73. The Hall–Kier alpha value is -2.72. The van der Waals surface area contributed by atoms with Gasteiger partial charge < -0.3 is 10.0 Å². The number of amides is 1. The molecule has 1 atom stereocenters. The zero-order valence-corrected chi connectivity index (χ0v) is 15.4. The Bertz CT molecular complexity index is 920. The van der Waals surface area contributed by atoms with E-state index in [0.29, 0.717) is 6.54 Å². The van der Waals surface area contributed by atoms with Gasteiger partial charge in [-0.2, -0.15) is 0 Å². The number of rotatable bonds is 5. The van der Waals surface area contributed by atoms with Crippen LogP contribution in [0.15, 0.2) is 54.6 Å². The van der Waals surface area contributed by atoms with Crippen LogP contribution in [0.1, 0.15) is 18.2 Å². The smallest absolute Gasteiger partial charge is 0.226 e. The van der Waals surface area contributed by atoms with Crippen molar-refractivity contribution in [2.45, 2.75) is 26.4 Å². The van der Waals surface area contributed by atoms with Crippen LogP contribution < -0.4 is 0 Å². The topological polar surface area (TPSA) is 53.4 Å². The minimum Gasteiger partial charge on any atom is -0.392 e. The van der Waals surface area contributed by atoms with Gasteiger partial charge in [0.25, 0.3) is 0 Å². The fourth-order valence-corrected chi connectivity index (χ4v) is 3.31. The third-order valence-corrected chi connectivity index (χ3v) is 4.55. The molecular formula is C22H24N2O2. The van der Waals surface area contributed by atoms with Crippen LogP contribution in [0.2, 0.25) is 0 Å². The van der Waals surface area contributed by atoms with Crippen molar-refractivity contribution >= 4 is 16.8 Å². The van der Waals surface area contributed by atoms with Crippen molar-refractivity contribution in [3.05, 3.63) is 65.9 Å². The molecule has 1 heterocycles. The zero-order chi connectivity index (χ0) is 18.7. The van der Waals surface area contributed by atoms with Crippen molar-refractivity contribution in [1.29, 1.82) is 0 Å². The van der Waals surface area contributed by atoms with E-state index >= 15 is 0 Å². The number of carbonyl (C=O) groups excluding carboxylic acids is 1. The Morgan fingerprint density at radius 2 is 1.77 bits per heavy atom. The molecule has 0 saturated heterocycles. The molecule has 0 saturated carbocycles. The fraction of sp³-hybridized carbons (Fsp3) is 0.273. The molecule has 0 aliphatic carbocycles. The van der Waals surface area contributed by atoms with Gasteiger partial charge in [-0.15, -0.1) is 0 Å². The average Bonchev–Trinajstić information content (AvgIpc) is 2.62. The summed E-state index contributed by atoms with van der Waals surface area (Å²) in [4.78, 5) is 19.0. The van der Waals surface area contributed by atoms with E-state index in [1.165, 1.54) is 0 Å². The monoisotopic (exact) mass is 348 g/mol.